The summed E-state index contributed by atoms with van der Waals surface area (Å²) in [7, 11) is 4.46. The first-order valence-electron chi connectivity index (χ1n) is 11.7. The minimum atomic E-state index is -1.48. The summed E-state index contributed by atoms with van der Waals surface area (Å²) < 4.78 is 30.3. The number of aromatic nitrogens is 2. The number of aliphatic carboxylic acids is 1. The molecule has 0 atom stereocenters. The molecule has 194 valence electrons. The number of carboxylic acids is 1. The molecule has 2 heterocycles. The fourth-order valence-corrected chi connectivity index (χ4v) is 5.10. The minimum Gasteiger partial charge on any atom is -0.545 e. The molecule has 0 fully saturated rings. The number of hydrogen-bond donors (Lipinski definition) is 0. The molecule has 38 heavy (non-hydrogen) atoms. The van der Waals surface area contributed by atoms with Crippen LogP contribution in [0, 0.1) is 0 Å². The van der Waals surface area contributed by atoms with Crippen LogP contribution in [0.4, 0.5) is 0 Å². The van der Waals surface area contributed by atoms with Crippen molar-refractivity contribution in [2.45, 2.75) is 12.8 Å². The second kappa shape index (κ2) is 10.5. The second-order valence-corrected chi connectivity index (χ2v) is 9.10. The SMILES string of the molecule is COc1cc(C/C(C(=O)c2ccc3c(c2)CCO3)=C(/C(=O)[O-])c2ccc3nsnc3c2)cc(OC)c1OC. The second-order valence-electron chi connectivity index (χ2n) is 8.57. The van der Waals surface area contributed by atoms with Gasteiger partial charge in [0.1, 0.15) is 16.8 Å². The zero-order valence-electron chi connectivity index (χ0n) is 20.9. The Labute approximate surface area is 222 Å². The lowest BCUT2D eigenvalue weighted by Crippen LogP contribution is -2.27. The Hall–Kier alpha value is -4.44. The monoisotopic (exact) mass is 531 g/mol. The van der Waals surface area contributed by atoms with Crippen molar-refractivity contribution in [3.05, 3.63) is 76.4 Å². The molecule has 9 nitrogen and oxygen atoms in total. The highest BCUT2D eigenvalue weighted by Crippen LogP contribution is 2.39. The van der Waals surface area contributed by atoms with Gasteiger partial charge in [-0.05, 0) is 59.2 Å². The van der Waals surface area contributed by atoms with E-state index < -0.39 is 11.8 Å². The van der Waals surface area contributed by atoms with Gasteiger partial charge in [0.05, 0.1) is 45.6 Å². The maximum Gasteiger partial charge on any atom is 0.203 e. The number of ether oxygens (including phenoxy) is 4. The van der Waals surface area contributed by atoms with E-state index in [2.05, 4.69) is 8.75 Å². The molecule has 0 radical (unpaired) electrons. The molecular weight excluding hydrogens is 508 g/mol. The van der Waals surface area contributed by atoms with Crippen molar-refractivity contribution < 1.29 is 33.6 Å². The van der Waals surface area contributed by atoms with Crippen molar-refractivity contribution >= 4 is 40.1 Å². The summed E-state index contributed by atoms with van der Waals surface area (Å²) >= 11 is 1.02. The molecule has 0 bridgehead atoms. The van der Waals surface area contributed by atoms with Gasteiger partial charge in [-0.1, -0.05) is 6.07 Å². The summed E-state index contributed by atoms with van der Waals surface area (Å²) in [6.45, 7) is 0.535. The van der Waals surface area contributed by atoms with Gasteiger partial charge in [-0.2, -0.15) is 8.75 Å². The third-order valence-electron chi connectivity index (χ3n) is 6.38. The van der Waals surface area contributed by atoms with Crippen molar-refractivity contribution in [3.63, 3.8) is 0 Å². The Morgan fingerprint density at radius 2 is 1.63 bits per heavy atom. The lowest BCUT2D eigenvalue weighted by molar-refractivity contribution is -0.295. The topological polar surface area (TPSA) is 120 Å². The molecule has 3 aromatic carbocycles. The summed E-state index contributed by atoms with van der Waals surface area (Å²) in [6.07, 6.45) is 0.628. The summed E-state index contributed by atoms with van der Waals surface area (Å²) in [4.78, 5) is 26.6. The van der Waals surface area contributed by atoms with Crippen LogP contribution in [0.15, 0.2) is 54.1 Å². The first-order valence-corrected chi connectivity index (χ1v) is 12.4. The van der Waals surface area contributed by atoms with Gasteiger partial charge in [-0.25, -0.2) is 0 Å². The number of rotatable bonds is 9. The quantitative estimate of drug-likeness (QED) is 0.237. The molecule has 4 aromatic rings. The van der Waals surface area contributed by atoms with Crippen LogP contribution < -0.4 is 24.1 Å². The van der Waals surface area contributed by atoms with E-state index in [1.807, 2.05) is 0 Å². The number of methoxy groups -OCH3 is 3. The van der Waals surface area contributed by atoms with Gasteiger partial charge in [0.25, 0.3) is 0 Å². The molecule has 5 rings (SSSR count). The highest BCUT2D eigenvalue weighted by atomic mass is 32.1. The van der Waals surface area contributed by atoms with E-state index in [1.54, 1.807) is 48.5 Å². The maximum absolute atomic E-state index is 14.0. The van der Waals surface area contributed by atoms with E-state index in [4.69, 9.17) is 18.9 Å². The van der Waals surface area contributed by atoms with Crippen LogP contribution in [0.5, 0.6) is 23.0 Å². The number of Topliss-reactive ketones (excluding diaryl/α,β-unsaturated/α-hetero) is 1. The van der Waals surface area contributed by atoms with Crippen LogP contribution in [0.25, 0.3) is 16.6 Å². The molecule has 1 aromatic heterocycles. The molecule has 0 spiro atoms. The average molecular weight is 532 g/mol. The Bertz CT molecular complexity index is 1570. The molecule has 0 unspecified atom stereocenters. The largest absolute Gasteiger partial charge is 0.545 e. The third-order valence-corrected chi connectivity index (χ3v) is 6.94. The van der Waals surface area contributed by atoms with Crippen molar-refractivity contribution in [1.82, 2.24) is 8.75 Å². The molecule has 1 aliphatic rings. The first kappa shape index (κ1) is 25.2. The predicted molar refractivity (Wildman–Crippen MR) is 139 cm³/mol. The number of ketones is 1. The van der Waals surface area contributed by atoms with Gasteiger partial charge < -0.3 is 28.8 Å². The fourth-order valence-electron chi connectivity index (χ4n) is 4.58. The summed E-state index contributed by atoms with van der Waals surface area (Å²) in [5, 5.41) is 12.6. The number of carboxylic acid groups (broad SMARTS) is 1. The molecule has 0 saturated heterocycles. The van der Waals surface area contributed by atoms with Crippen LogP contribution >= 0.6 is 11.7 Å². The number of carbonyl (C=O) groups excluding carboxylic acids is 2. The zero-order chi connectivity index (χ0) is 26.8. The highest BCUT2D eigenvalue weighted by Gasteiger charge is 2.24. The fraction of sp³-hybridized carbons (Fsp3) is 0.214. The lowest BCUT2D eigenvalue weighted by atomic mass is 9.88. The van der Waals surface area contributed by atoms with Crippen LogP contribution in [0.3, 0.4) is 0 Å². The number of nitrogens with zero attached hydrogens (tertiary/aromatic N) is 2. The Balaban J connectivity index is 1.70. The van der Waals surface area contributed by atoms with Crippen molar-refractivity contribution in [1.29, 1.82) is 0 Å². The van der Waals surface area contributed by atoms with Crippen LogP contribution in [0.2, 0.25) is 0 Å². The van der Waals surface area contributed by atoms with Crippen LogP contribution in [-0.4, -0.2) is 48.4 Å². The van der Waals surface area contributed by atoms with E-state index in [9.17, 15) is 14.7 Å². The van der Waals surface area contributed by atoms with Crippen molar-refractivity contribution in [3.8, 4) is 23.0 Å². The highest BCUT2D eigenvalue weighted by molar-refractivity contribution is 7.00. The summed E-state index contributed by atoms with van der Waals surface area (Å²) in [6, 6.07) is 13.4. The number of benzene rings is 3. The first-order chi connectivity index (χ1) is 18.4. The van der Waals surface area contributed by atoms with Gasteiger partial charge in [0.15, 0.2) is 17.3 Å². The number of allylic oxidation sites excluding steroid dienone is 1. The molecule has 10 heteroatoms. The Morgan fingerprint density at radius 3 is 2.32 bits per heavy atom. The number of carbonyl (C=O) groups is 2. The minimum absolute atomic E-state index is 0.0419. The van der Waals surface area contributed by atoms with E-state index >= 15 is 0 Å². The molecule has 0 amide bonds. The summed E-state index contributed by atoms with van der Waals surface area (Å²) in [5.41, 5.74) is 3.11. The maximum atomic E-state index is 14.0. The Kier molecular flexibility index (Phi) is 6.97. The third kappa shape index (κ3) is 4.66. The van der Waals surface area contributed by atoms with E-state index in [1.165, 1.54) is 21.3 Å². The summed E-state index contributed by atoms with van der Waals surface area (Å²) in [5.74, 6) is -0.0484. The molecule has 1 aliphatic heterocycles. The number of fused-ring (bicyclic) bond motifs is 2. The van der Waals surface area contributed by atoms with Crippen LogP contribution in [-0.2, 0) is 17.6 Å². The Morgan fingerprint density at radius 1 is 0.921 bits per heavy atom. The van der Waals surface area contributed by atoms with Gasteiger partial charge in [0.2, 0.25) is 5.75 Å². The van der Waals surface area contributed by atoms with Crippen LogP contribution in [0.1, 0.15) is 27.0 Å². The molecule has 0 N–H and O–H groups in total. The normalized spacial score (nSPS) is 12.9. The standard InChI is InChI=1S/C28H24N2O7S/c1-34-23-11-15(12-24(35-2)27(23)36-3)10-19(26(31)18-5-7-22-16(13-18)8-9-37-22)25(28(32)33)17-4-6-20-21(14-17)30-38-29-20/h4-7,11-14H,8-10H2,1-3H3,(H,32,33)/p-1/b25-19-. The van der Waals surface area contributed by atoms with E-state index in [0.29, 0.717) is 58.0 Å². The van der Waals surface area contributed by atoms with Crippen molar-refractivity contribution in [2.75, 3.05) is 27.9 Å². The van der Waals surface area contributed by atoms with E-state index in [0.717, 1.165) is 23.0 Å². The van der Waals surface area contributed by atoms with Gasteiger partial charge in [-0.15, -0.1) is 0 Å². The predicted octanol–water partition coefficient (Wildman–Crippen LogP) is 3.28. The number of hydrogen-bond acceptors (Lipinski definition) is 10. The smallest absolute Gasteiger partial charge is 0.203 e. The molecule has 0 saturated carbocycles. The van der Waals surface area contributed by atoms with Gasteiger partial charge in [-0.3, -0.25) is 4.79 Å². The lowest BCUT2D eigenvalue weighted by Gasteiger charge is -2.19. The zero-order valence-corrected chi connectivity index (χ0v) is 21.7. The average Bonchev–Trinajstić information content (AvgIpc) is 3.60. The van der Waals surface area contributed by atoms with E-state index in [-0.39, 0.29) is 17.6 Å². The molecular formula is C28H23N2O7S-. The van der Waals surface area contributed by atoms with Gasteiger partial charge in [0, 0.05) is 29.6 Å². The van der Waals surface area contributed by atoms with Gasteiger partial charge >= 0.3 is 0 Å². The molecule has 0 aliphatic carbocycles. The van der Waals surface area contributed by atoms with Crippen molar-refractivity contribution in [2.24, 2.45) is 0 Å².